The van der Waals surface area contributed by atoms with Crippen LogP contribution in [0.1, 0.15) is 58.4 Å². The highest BCUT2D eigenvalue weighted by Crippen LogP contribution is 2.21. The average Bonchev–Trinajstić information content (AvgIpc) is 3.18. The van der Waals surface area contributed by atoms with Crippen LogP contribution in [0.25, 0.3) is 22.5 Å². The molecule has 18 heteroatoms. The van der Waals surface area contributed by atoms with Crippen LogP contribution in [-0.4, -0.2) is 89.2 Å². The van der Waals surface area contributed by atoms with Gasteiger partial charge in [-0.05, 0) is 43.7 Å². The van der Waals surface area contributed by atoms with Crippen molar-refractivity contribution >= 4 is 60.3 Å². The molecule has 0 saturated heterocycles. The summed E-state index contributed by atoms with van der Waals surface area (Å²) in [6.07, 6.45) is 5.05. The molecule has 4 aromatic carbocycles. The normalized spacial score (nSPS) is 11.0. The number of ketones is 3. The topological polar surface area (TPSA) is 286 Å². The summed E-state index contributed by atoms with van der Waals surface area (Å²) in [5, 5.41) is 8.90. The predicted molar refractivity (Wildman–Crippen MR) is 234 cm³/mol. The molecule has 0 amide bonds. The number of nitrogens with zero attached hydrogens (tertiary/aromatic N) is 4. The minimum atomic E-state index is -3.40. The fourth-order valence-corrected chi connectivity index (χ4v) is 6.56. The van der Waals surface area contributed by atoms with E-state index in [2.05, 4.69) is 19.9 Å². The third-order valence-electron chi connectivity index (χ3n) is 8.42. The van der Waals surface area contributed by atoms with Gasteiger partial charge < -0.3 is 22.3 Å². The van der Waals surface area contributed by atoms with Gasteiger partial charge in [-0.15, -0.1) is 0 Å². The number of sulfone groups is 2. The largest absolute Gasteiger partial charge is 0.476 e. The summed E-state index contributed by atoms with van der Waals surface area (Å²) in [7, 11) is -6.67. The fraction of sp³-hybridized carbons (Fsp3) is 0.163. The quantitative estimate of drug-likeness (QED) is 0.0938. The van der Waals surface area contributed by atoms with Gasteiger partial charge in [0.2, 0.25) is 0 Å². The standard InChI is InChI=1S/C22H21N3O4S.C12H11N3O2.C9H11NO3S/c1-14-3-7-16(8-4-14)18-12-24-22(23)21(25-18)19(26)11-15-5-9-17(10-6-15)20(27)13-30(2,28)29;1-7-2-4-8(5-3-7)9-6-14-11(13)10(15-9)12(16)17;1-14(12,13)6-9(11)7-2-4-8(10)5-3-7/h3-10,12H,11,13H2,1-2H3,(H2,23,24);2-6H,1H3,(H2,13,14)(H,16,17);2-5H,6,10H2,1H3. The monoisotopic (exact) mass is 865 g/mol. The van der Waals surface area contributed by atoms with Gasteiger partial charge in [-0.2, -0.15) is 0 Å². The van der Waals surface area contributed by atoms with E-state index in [1.165, 1.54) is 36.7 Å². The van der Waals surface area contributed by atoms with E-state index in [1.54, 1.807) is 24.3 Å². The van der Waals surface area contributed by atoms with E-state index in [4.69, 9.17) is 22.3 Å². The third-order valence-corrected chi connectivity index (χ3v) is 10.00. The molecule has 6 aromatic rings. The molecule has 0 spiro atoms. The number of Topliss-reactive ketones (excluding diaryl/α,β-unsaturated/α-hetero) is 3. The van der Waals surface area contributed by atoms with Crippen molar-refractivity contribution in [3.8, 4) is 22.5 Å². The second kappa shape index (κ2) is 20.2. The molecule has 61 heavy (non-hydrogen) atoms. The zero-order valence-electron chi connectivity index (χ0n) is 33.6. The molecule has 0 unspecified atom stereocenters. The van der Waals surface area contributed by atoms with Gasteiger partial charge in [0.15, 0.2) is 54.4 Å². The second-order valence-corrected chi connectivity index (χ2v) is 18.2. The lowest BCUT2D eigenvalue weighted by molar-refractivity contribution is 0.0690. The molecule has 0 fully saturated rings. The van der Waals surface area contributed by atoms with Crippen molar-refractivity contribution in [2.24, 2.45) is 0 Å². The van der Waals surface area contributed by atoms with Crippen molar-refractivity contribution in [2.75, 3.05) is 41.2 Å². The summed E-state index contributed by atoms with van der Waals surface area (Å²) in [5.41, 5.74) is 23.4. The number of benzene rings is 4. The molecule has 0 saturated carbocycles. The number of carboxylic acids is 1. The van der Waals surface area contributed by atoms with Gasteiger partial charge in [0.25, 0.3) is 0 Å². The van der Waals surface area contributed by atoms with Crippen molar-refractivity contribution in [1.29, 1.82) is 0 Å². The van der Waals surface area contributed by atoms with E-state index < -0.39 is 48.7 Å². The molecule has 0 aliphatic rings. The summed E-state index contributed by atoms with van der Waals surface area (Å²) < 4.78 is 44.2. The van der Waals surface area contributed by atoms with E-state index >= 15 is 0 Å². The highest BCUT2D eigenvalue weighted by atomic mass is 32.2. The maximum absolute atomic E-state index is 12.8. The Morgan fingerprint density at radius 3 is 1.31 bits per heavy atom. The van der Waals surface area contributed by atoms with Crippen LogP contribution in [0, 0.1) is 13.8 Å². The number of aromatic carboxylic acids is 1. The Labute approximate surface area is 352 Å². The van der Waals surface area contributed by atoms with Crippen molar-refractivity contribution in [3.63, 3.8) is 0 Å². The SMILES string of the molecule is CS(=O)(=O)CC(=O)c1ccc(N)cc1.Cc1ccc(-c2cnc(N)c(C(=O)Cc3ccc(C(=O)CS(C)(=O)=O)cc3)n2)cc1.Cc1ccc(-c2cnc(N)c(C(=O)O)n2)cc1. The van der Waals surface area contributed by atoms with Crippen LogP contribution in [0.5, 0.6) is 0 Å². The van der Waals surface area contributed by atoms with Crippen LogP contribution in [0.4, 0.5) is 17.3 Å². The van der Waals surface area contributed by atoms with E-state index in [9.17, 15) is 36.0 Å². The Morgan fingerprint density at radius 1 is 0.541 bits per heavy atom. The number of carbonyl (C=O) groups is 4. The number of aromatic nitrogens is 4. The van der Waals surface area contributed by atoms with Crippen molar-refractivity contribution in [2.45, 2.75) is 20.3 Å². The van der Waals surface area contributed by atoms with Gasteiger partial charge in [-0.25, -0.2) is 41.6 Å². The Kier molecular flexibility index (Phi) is 15.4. The summed E-state index contributed by atoms with van der Waals surface area (Å²) in [4.78, 5) is 63.3. The molecule has 2 heterocycles. The molecule has 6 rings (SSSR count). The number of hydrogen-bond donors (Lipinski definition) is 4. The third kappa shape index (κ3) is 14.6. The summed E-state index contributed by atoms with van der Waals surface area (Å²) in [6, 6.07) is 27.7. The Balaban J connectivity index is 0.000000223. The van der Waals surface area contributed by atoms with Crippen LogP contribution in [-0.2, 0) is 26.1 Å². The molecule has 0 atom stereocenters. The number of aryl methyl sites for hydroxylation is 2. The molecule has 16 nitrogen and oxygen atoms in total. The zero-order valence-corrected chi connectivity index (χ0v) is 35.2. The van der Waals surface area contributed by atoms with Gasteiger partial charge in [0.05, 0.1) is 23.8 Å². The lowest BCUT2D eigenvalue weighted by Gasteiger charge is -2.08. The van der Waals surface area contributed by atoms with Crippen LogP contribution >= 0.6 is 0 Å². The smallest absolute Gasteiger partial charge is 0.358 e. The highest BCUT2D eigenvalue weighted by Gasteiger charge is 2.18. The van der Waals surface area contributed by atoms with Gasteiger partial charge in [0.1, 0.15) is 17.2 Å². The fourth-order valence-electron chi connectivity index (χ4n) is 5.28. The van der Waals surface area contributed by atoms with E-state index in [-0.39, 0.29) is 40.8 Å². The van der Waals surface area contributed by atoms with Gasteiger partial charge in [-0.1, -0.05) is 83.9 Å². The van der Waals surface area contributed by atoms with Crippen LogP contribution < -0.4 is 17.2 Å². The number of anilines is 3. The molecule has 7 N–H and O–H groups in total. The first-order valence-electron chi connectivity index (χ1n) is 18.1. The molecular weight excluding hydrogens is 823 g/mol. The van der Waals surface area contributed by atoms with Gasteiger partial charge in [0, 0.05) is 46.9 Å². The van der Waals surface area contributed by atoms with Crippen LogP contribution in [0.15, 0.2) is 109 Å². The number of rotatable bonds is 12. The first kappa shape index (κ1) is 46.5. The Morgan fingerprint density at radius 2 is 0.918 bits per heavy atom. The number of carbonyl (C=O) groups excluding carboxylic acids is 3. The highest BCUT2D eigenvalue weighted by molar-refractivity contribution is 7.91. The number of hydrogen-bond acceptors (Lipinski definition) is 15. The van der Waals surface area contributed by atoms with E-state index in [1.807, 2.05) is 62.4 Å². The van der Waals surface area contributed by atoms with Gasteiger partial charge >= 0.3 is 5.97 Å². The molecule has 0 aliphatic heterocycles. The van der Waals surface area contributed by atoms with Crippen molar-refractivity contribution in [1.82, 2.24) is 19.9 Å². The van der Waals surface area contributed by atoms with Crippen LogP contribution in [0.2, 0.25) is 0 Å². The van der Waals surface area contributed by atoms with E-state index in [0.29, 0.717) is 28.2 Å². The first-order valence-corrected chi connectivity index (χ1v) is 22.2. The van der Waals surface area contributed by atoms with Gasteiger partial charge in [-0.3, -0.25) is 14.4 Å². The first-order chi connectivity index (χ1) is 28.6. The predicted octanol–water partition coefficient (Wildman–Crippen LogP) is 4.92. The Hall–Kier alpha value is -7.18. The molecular formula is C43H43N7O9S2. The number of carboxylic acid groups (broad SMARTS) is 1. The molecule has 2 aromatic heterocycles. The summed E-state index contributed by atoms with van der Waals surface area (Å²) in [6.45, 7) is 3.95. The number of nitrogen functional groups attached to an aromatic ring is 3. The minimum Gasteiger partial charge on any atom is -0.476 e. The lowest BCUT2D eigenvalue weighted by Crippen LogP contribution is -2.15. The maximum atomic E-state index is 12.8. The van der Waals surface area contributed by atoms with Crippen molar-refractivity contribution < 1.29 is 41.1 Å². The lowest BCUT2D eigenvalue weighted by atomic mass is 10.0. The van der Waals surface area contributed by atoms with Crippen molar-refractivity contribution in [3.05, 3.63) is 149 Å². The van der Waals surface area contributed by atoms with Crippen LogP contribution in [0.3, 0.4) is 0 Å². The zero-order chi connectivity index (χ0) is 45.1. The van der Waals surface area contributed by atoms with E-state index in [0.717, 1.165) is 34.8 Å². The number of nitrogens with two attached hydrogens (primary N) is 3. The molecule has 316 valence electrons. The maximum Gasteiger partial charge on any atom is 0.358 e. The summed E-state index contributed by atoms with van der Waals surface area (Å²) >= 11 is 0. The second-order valence-electron chi connectivity index (χ2n) is 13.9. The summed E-state index contributed by atoms with van der Waals surface area (Å²) in [5.74, 6) is -3.42. The molecule has 0 aliphatic carbocycles. The minimum absolute atomic E-state index is 0.0246. The molecule has 0 radical (unpaired) electrons. The molecule has 0 bridgehead atoms. The average molecular weight is 866 g/mol. The Bertz CT molecular complexity index is 2780.